The fraction of sp³-hybridized carbons (Fsp3) is 0.571. The summed E-state index contributed by atoms with van der Waals surface area (Å²) >= 11 is 0. The highest BCUT2D eigenvalue weighted by Crippen LogP contribution is 2.29. The zero-order chi connectivity index (χ0) is 11.8. The predicted octanol–water partition coefficient (Wildman–Crippen LogP) is 2.07. The Bertz CT molecular complexity index is 376. The van der Waals surface area contributed by atoms with E-state index in [-0.39, 0.29) is 6.04 Å². The van der Waals surface area contributed by atoms with Crippen LogP contribution < -0.4 is 10.6 Å². The van der Waals surface area contributed by atoms with Gasteiger partial charge in [-0.15, -0.1) is 0 Å². The number of nitrogens with two attached hydrogens (primary N) is 1. The number of benzene rings is 1. The van der Waals surface area contributed by atoms with Crippen molar-refractivity contribution in [1.29, 1.82) is 0 Å². The standard InChI is InChI=1S/C14H20N2O/c1-10(15)11-2-4-12(5-3-11)16-8-13-6-7-14(9-16)17-13/h2-5,10,13-14H,6-9,15H2,1H3. The van der Waals surface area contributed by atoms with Crippen molar-refractivity contribution in [2.75, 3.05) is 18.0 Å². The van der Waals surface area contributed by atoms with Gasteiger partial charge in [-0.3, -0.25) is 0 Å². The molecule has 3 nitrogen and oxygen atoms in total. The average Bonchev–Trinajstić information content (AvgIpc) is 2.68. The fourth-order valence-electron chi connectivity index (χ4n) is 2.81. The molecular formula is C14H20N2O. The van der Waals surface area contributed by atoms with Crippen molar-refractivity contribution < 1.29 is 4.74 Å². The van der Waals surface area contributed by atoms with Crippen LogP contribution in [-0.2, 0) is 4.74 Å². The lowest BCUT2D eigenvalue weighted by molar-refractivity contribution is 0.0305. The molecule has 2 aliphatic rings. The topological polar surface area (TPSA) is 38.5 Å². The molecule has 0 aromatic heterocycles. The van der Waals surface area contributed by atoms with E-state index in [1.807, 2.05) is 6.92 Å². The summed E-state index contributed by atoms with van der Waals surface area (Å²) in [6.45, 7) is 4.09. The number of nitrogens with zero attached hydrogens (tertiary/aromatic N) is 1. The lowest BCUT2D eigenvalue weighted by Crippen LogP contribution is -2.42. The normalized spacial score (nSPS) is 29.4. The second-order valence-corrected chi connectivity index (χ2v) is 5.24. The Hall–Kier alpha value is -1.06. The van der Waals surface area contributed by atoms with Crippen LogP contribution in [0.1, 0.15) is 31.4 Å². The third-order valence-corrected chi connectivity index (χ3v) is 3.83. The average molecular weight is 232 g/mol. The highest BCUT2D eigenvalue weighted by Gasteiger charge is 2.33. The minimum atomic E-state index is 0.116. The monoisotopic (exact) mass is 232 g/mol. The van der Waals surface area contributed by atoms with Crippen LogP contribution in [0.3, 0.4) is 0 Å². The molecule has 0 aliphatic carbocycles. The summed E-state index contributed by atoms with van der Waals surface area (Å²) in [7, 11) is 0. The summed E-state index contributed by atoms with van der Waals surface area (Å²) in [5, 5.41) is 0. The maximum atomic E-state index is 5.86. The van der Waals surface area contributed by atoms with E-state index in [4.69, 9.17) is 10.5 Å². The van der Waals surface area contributed by atoms with E-state index in [0.717, 1.165) is 13.1 Å². The smallest absolute Gasteiger partial charge is 0.0755 e. The largest absolute Gasteiger partial charge is 0.371 e. The van der Waals surface area contributed by atoms with Gasteiger partial charge in [0.25, 0.3) is 0 Å². The lowest BCUT2D eigenvalue weighted by Gasteiger charge is -2.34. The van der Waals surface area contributed by atoms with Gasteiger partial charge in [0.2, 0.25) is 0 Å². The SMILES string of the molecule is CC(N)c1ccc(N2CC3CCC(C2)O3)cc1. The van der Waals surface area contributed by atoms with Gasteiger partial charge < -0.3 is 15.4 Å². The first-order valence-electron chi connectivity index (χ1n) is 6.48. The Morgan fingerprint density at radius 1 is 1.18 bits per heavy atom. The number of hydrogen-bond donors (Lipinski definition) is 1. The zero-order valence-corrected chi connectivity index (χ0v) is 10.3. The first-order chi connectivity index (χ1) is 8.22. The van der Waals surface area contributed by atoms with Crippen LogP contribution in [0.25, 0.3) is 0 Å². The van der Waals surface area contributed by atoms with Crippen LogP contribution in [0.2, 0.25) is 0 Å². The molecule has 2 heterocycles. The maximum absolute atomic E-state index is 5.86. The van der Waals surface area contributed by atoms with Gasteiger partial charge in [-0.2, -0.15) is 0 Å². The van der Waals surface area contributed by atoms with E-state index in [1.165, 1.54) is 24.1 Å². The Morgan fingerprint density at radius 2 is 1.76 bits per heavy atom. The van der Waals surface area contributed by atoms with Crippen LogP contribution in [0.4, 0.5) is 5.69 Å². The van der Waals surface area contributed by atoms with Gasteiger partial charge in [0, 0.05) is 24.8 Å². The molecule has 3 heteroatoms. The van der Waals surface area contributed by atoms with Crippen LogP contribution >= 0.6 is 0 Å². The predicted molar refractivity (Wildman–Crippen MR) is 69.2 cm³/mol. The van der Waals surface area contributed by atoms with Crippen LogP contribution in [-0.4, -0.2) is 25.3 Å². The van der Waals surface area contributed by atoms with Crippen molar-refractivity contribution in [1.82, 2.24) is 0 Å². The first kappa shape index (κ1) is 11.1. The molecule has 2 bridgehead atoms. The van der Waals surface area contributed by atoms with Gasteiger partial charge in [0.05, 0.1) is 12.2 Å². The van der Waals surface area contributed by atoms with E-state index < -0.39 is 0 Å². The summed E-state index contributed by atoms with van der Waals surface area (Å²) in [4.78, 5) is 2.44. The van der Waals surface area contributed by atoms with Crippen molar-refractivity contribution in [3.8, 4) is 0 Å². The van der Waals surface area contributed by atoms with E-state index >= 15 is 0 Å². The molecule has 3 unspecified atom stereocenters. The molecule has 3 atom stereocenters. The van der Waals surface area contributed by atoms with Gasteiger partial charge >= 0.3 is 0 Å². The molecule has 1 aromatic carbocycles. The van der Waals surface area contributed by atoms with Gasteiger partial charge in [0.15, 0.2) is 0 Å². The third-order valence-electron chi connectivity index (χ3n) is 3.83. The molecule has 0 radical (unpaired) electrons. The molecular weight excluding hydrogens is 212 g/mol. The van der Waals surface area contributed by atoms with Crippen molar-refractivity contribution in [2.45, 2.75) is 38.0 Å². The van der Waals surface area contributed by atoms with Crippen molar-refractivity contribution in [2.24, 2.45) is 5.73 Å². The van der Waals surface area contributed by atoms with Crippen LogP contribution in [0, 0.1) is 0 Å². The summed E-state index contributed by atoms with van der Waals surface area (Å²) in [6.07, 6.45) is 3.33. The number of rotatable bonds is 2. The summed E-state index contributed by atoms with van der Waals surface area (Å²) in [6, 6.07) is 8.76. The summed E-state index contributed by atoms with van der Waals surface area (Å²) < 4.78 is 5.85. The minimum absolute atomic E-state index is 0.116. The molecule has 17 heavy (non-hydrogen) atoms. The van der Waals surface area contributed by atoms with E-state index in [2.05, 4.69) is 29.2 Å². The summed E-state index contributed by atoms with van der Waals surface area (Å²) in [5.41, 5.74) is 8.36. The summed E-state index contributed by atoms with van der Waals surface area (Å²) in [5.74, 6) is 0. The lowest BCUT2D eigenvalue weighted by atomic mass is 10.1. The molecule has 0 saturated carbocycles. The second kappa shape index (κ2) is 4.31. The zero-order valence-electron chi connectivity index (χ0n) is 10.3. The molecule has 2 fully saturated rings. The molecule has 2 aliphatic heterocycles. The molecule has 0 spiro atoms. The molecule has 3 rings (SSSR count). The molecule has 0 amide bonds. The number of hydrogen-bond acceptors (Lipinski definition) is 3. The van der Waals surface area contributed by atoms with Gasteiger partial charge in [-0.25, -0.2) is 0 Å². The maximum Gasteiger partial charge on any atom is 0.0755 e. The Kier molecular flexibility index (Phi) is 2.81. The van der Waals surface area contributed by atoms with Crippen LogP contribution in [0.15, 0.2) is 24.3 Å². The van der Waals surface area contributed by atoms with Crippen molar-refractivity contribution in [3.05, 3.63) is 29.8 Å². The molecule has 92 valence electrons. The molecule has 1 aromatic rings. The second-order valence-electron chi connectivity index (χ2n) is 5.24. The van der Waals surface area contributed by atoms with Crippen molar-refractivity contribution in [3.63, 3.8) is 0 Å². The molecule has 2 saturated heterocycles. The minimum Gasteiger partial charge on any atom is -0.371 e. The van der Waals surface area contributed by atoms with Crippen LogP contribution in [0.5, 0.6) is 0 Å². The third kappa shape index (κ3) is 2.17. The van der Waals surface area contributed by atoms with Gasteiger partial charge in [-0.05, 0) is 37.5 Å². The Morgan fingerprint density at radius 3 is 2.29 bits per heavy atom. The highest BCUT2D eigenvalue weighted by atomic mass is 16.5. The number of fused-ring (bicyclic) bond motifs is 2. The quantitative estimate of drug-likeness (QED) is 0.848. The first-order valence-corrected chi connectivity index (χ1v) is 6.48. The van der Waals surface area contributed by atoms with Gasteiger partial charge in [0.1, 0.15) is 0 Å². The number of morpholine rings is 1. The molecule has 2 N–H and O–H groups in total. The highest BCUT2D eigenvalue weighted by molar-refractivity contribution is 5.49. The van der Waals surface area contributed by atoms with E-state index in [1.54, 1.807) is 0 Å². The fourth-order valence-corrected chi connectivity index (χ4v) is 2.81. The van der Waals surface area contributed by atoms with E-state index in [0.29, 0.717) is 12.2 Å². The van der Waals surface area contributed by atoms with E-state index in [9.17, 15) is 0 Å². The Balaban J connectivity index is 1.75. The number of ether oxygens (including phenoxy) is 1. The van der Waals surface area contributed by atoms with Crippen molar-refractivity contribution >= 4 is 5.69 Å². The van der Waals surface area contributed by atoms with Gasteiger partial charge in [-0.1, -0.05) is 12.1 Å². The Labute approximate surface area is 103 Å². The number of anilines is 1.